The fourth-order valence-corrected chi connectivity index (χ4v) is 5.11. The van der Waals surface area contributed by atoms with Crippen molar-refractivity contribution in [1.82, 2.24) is 0 Å². The predicted molar refractivity (Wildman–Crippen MR) is 125 cm³/mol. The predicted octanol–water partition coefficient (Wildman–Crippen LogP) is 5.55. The number of carboxylic acid groups (broad SMARTS) is 1. The molecule has 4 rings (SSSR count). The first-order valence-corrected chi connectivity index (χ1v) is 11.1. The quantitative estimate of drug-likeness (QED) is 0.441. The van der Waals surface area contributed by atoms with E-state index in [1.54, 1.807) is 6.08 Å². The Balaban J connectivity index is 1.84. The van der Waals surface area contributed by atoms with Crippen LogP contribution in [0.2, 0.25) is 0 Å². The number of carboxylic acids is 1. The molecule has 1 aliphatic heterocycles. The lowest BCUT2D eigenvalue weighted by Crippen LogP contribution is -2.22. The summed E-state index contributed by atoms with van der Waals surface area (Å²) in [6.45, 7) is 6.37. The molecule has 0 aliphatic carbocycles. The van der Waals surface area contributed by atoms with E-state index in [-0.39, 0.29) is 23.1 Å². The number of hydrogen-bond acceptors (Lipinski definition) is 5. The van der Waals surface area contributed by atoms with Crippen LogP contribution in [0.4, 0.5) is 5.69 Å². The fraction of sp³-hybridized carbons (Fsp3) is 0.200. The molecule has 3 aromatic rings. The standard InChI is InChI=1S/C25H23NO5S/c1-3-12-31-18-11-10-16(13-19(18)30-4-2)17-14-20(27)26-22-21(15-8-6-5-7-9-15)24(25(28)29)32-23(17)22/h3,5-11,13,17H,1,4,12,14H2,2H3,(H,26,27)(H,28,29). The number of thiophene rings is 1. The highest BCUT2D eigenvalue weighted by atomic mass is 32.1. The Labute approximate surface area is 190 Å². The van der Waals surface area contributed by atoms with E-state index in [0.717, 1.165) is 16.0 Å². The lowest BCUT2D eigenvalue weighted by molar-refractivity contribution is -0.116. The largest absolute Gasteiger partial charge is 0.490 e. The van der Waals surface area contributed by atoms with Gasteiger partial charge in [-0.3, -0.25) is 4.79 Å². The zero-order valence-electron chi connectivity index (χ0n) is 17.6. The molecule has 32 heavy (non-hydrogen) atoms. The highest BCUT2D eigenvalue weighted by molar-refractivity contribution is 7.15. The van der Waals surface area contributed by atoms with Gasteiger partial charge in [0.15, 0.2) is 11.5 Å². The maximum atomic E-state index is 12.7. The van der Waals surface area contributed by atoms with Crippen LogP contribution in [-0.4, -0.2) is 30.2 Å². The van der Waals surface area contributed by atoms with Gasteiger partial charge in [-0.05, 0) is 30.2 Å². The van der Waals surface area contributed by atoms with E-state index >= 15 is 0 Å². The first-order valence-electron chi connectivity index (χ1n) is 10.3. The van der Waals surface area contributed by atoms with Gasteiger partial charge in [-0.2, -0.15) is 0 Å². The SMILES string of the molecule is C=CCOc1ccc(C2CC(=O)Nc3c2sc(C(=O)O)c3-c2ccccc2)cc1OCC. The Kier molecular flexibility index (Phi) is 6.28. The van der Waals surface area contributed by atoms with Crippen molar-refractivity contribution in [3.05, 3.63) is 76.5 Å². The van der Waals surface area contributed by atoms with Gasteiger partial charge in [0.1, 0.15) is 11.5 Å². The van der Waals surface area contributed by atoms with E-state index in [1.165, 1.54) is 11.3 Å². The summed E-state index contributed by atoms with van der Waals surface area (Å²) in [5.74, 6) is -0.276. The van der Waals surface area contributed by atoms with E-state index in [1.807, 2.05) is 55.5 Å². The third-order valence-electron chi connectivity index (χ3n) is 5.19. The number of anilines is 1. The molecular weight excluding hydrogens is 426 g/mol. The average molecular weight is 450 g/mol. The van der Waals surface area contributed by atoms with Crippen molar-refractivity contribution in [3.63, 3.8) is 0 Å². The number of hydrogen-bond donors (Lipinski definition) is 2. The molecule has 0 saturated carbocycles. The van der Waals surface area contributed by atoms with Gasteiger partial charge in [-0.15, -0.1) is 11.3 Å². The maximum absolute atomic E-state index is 12.7. The fourth-order valence-electron chi connectivity index (χ4n) is 3.86. The van der Waals surface area contributed by atoms with Crippen molar-refractivity contribution in [3.8, 4) is 22.6 Å². The summed E-state index contributed by atoms with van der Waals surface area (Å²) in [6, 6.07) is 14.9. The molecule has 1 atom stereocenters. The summed E-state index contributed by atoms with van der Waals surface area (Å²) in [5, 5.41) is 12.8. The number of ether oxygens (including phenoxy) is 2. The molecule has 164 valence electrons. The third kappa shape index (κ3) is 4.11. The van der Waals surface area contributed by atoms with Gasteiger partial charge in [0.25, 0.3) is 0 Å². The van der Waals surface area contributed by atoms with Gasteiger partial charge in [0.05, 0.1) is 12.3 Å². The second-order valence-electron chi connectivity index (χ2n) is 7.26. The van der Waals surface area contributed by atoms with Crippen molar-refractivity contribution in [2.45, 2.75) is 19.3 Å². The van der Waals surface area contributed by atoms with Crippen molar-refractivity contribution < 1.29 is 24.2 Å². The van der Waals surface area contributed by atoms with E-state index in [2.05, 4.69) is 11.9 Å². The first-order chi connectivity index (χ1) is 15.5. The van der Waals surface area contributed by atoms with Crippen molar-refractivity contribution >= 4 is 28.9 Å². The van der Waals surface area contributed by atoms with Crippen molar-refractivity contribution in [1.29, 1.82) is 0 Å². The Hall–Kier alpha value is -3.58. The van der Waals surface area contributed by atoms with Crippen LogP contribution >= 0.6 is 11.3 Å². The Morgan fingerprint density at radius 1 is 1.22 bits per heavy atom. The highest BCUT2D eigenvalue weighted by Gasteiger charge is 2.34. The lowest BCUT2D eigenvalue weighted by atomic mass is 9.88. The minimum Gasteiger partial charge on any atom is -0.490 e. The summed E-state index contributed by atoms with van der Waals surface area (Å²) in [6.07, 6.45) is 1.88. The second kappa shape index (κ2) is 9.28. The molecule has 6 nitrogen and oxygen atoms in total. The van der Waals surface area contributed by atoms with Gasteiger partial charge in [0.2, 0.25) is 5.91 Å². The first kappa shape index (κ1) is 21.6. The molecule has 1 amide bonds. The van der Waals surface area contributed by atoms with Crippen LogP contribution in [0, 0.1) is 0 Å². The number of benzene rings is 2. The normalized spacial score (nSPS) is 14.9. The molecule has 0 radical (unpaired) electrons. The lowest BCUT2D eigenvalue weighted by Gasteiger charge is -2.24. The number of carbonyl (C=O) groups is 2. The number of fused-ring (bicyclic) bond motifs is 1. The molecule has 2 N–H and O–H groups in total. The number of rotatable bonds is 8. The highest BCUT2D eigenvalue weighted by Crippen LogP contribution is 2.50. The van der Waals surface area contributed by atoms with Crippen molar-refractivity contribution in [2.24, 2.45) is 0 Å². The molecule has 1 unspecified atom stereocenters. The molecule has 2 aromatic carbocycles. The summed E-state index contributed by atoms with van der Waals surface area (Å²) in [7, 11) is 0. The van der Waals surface area contributed by atoms with Crippen LogP contribution in [0.15, 0.2) is 61.2 Å². The summed E-state index contributed by atoms with van der Waals surface area (Å²) in [5.41, 5.74) is 2.75. The molecular formula is C25H23NO5S. The zero-order chi connectivity index (χ0) is 22.7. The van der Waals surface area contributed by atoms with E-state index in [0.29, 0.717) is 36.0 Å². The van der Waals surface area contributed by atoms with Crippen LogP contribution in [0.25, 0.3) is 11.1 Å². The average Bonchev–Trinajstić information content (AvgIpc) is 3.18. The molecule has 0 bridgehead atoms. The van der Waals surface area contributed by atoms with Gasteiger partial charge >= 0.3 is 5.97 Å². The van der Waals surface area contributed by atoms with Gasteiger partial charge in [0, 0.05) is 22.8 Å². The van der Waals surface area contributed by atoms with Crippen LogP contribution < -0.4 is 14.8 Å². The Morgan fingerprint density at radius 3 is 2.69 bits per heavy atom. The zero-order valence-corrected chi connectivity index (χ0v) is 18.4. The van der Waals surface area contributed by atoms with E-state index in [4.69, 9.17) is 9.47 Å². The number of aromatic carboxylic acids is 1. The molecule has 0 spiro atoms. The monoisotopic (exact) mass is 449 g/mol. The van der Waals surface area contributed by atoms with Crippen molar-refractivity contribution in [2.75, 3.05) is 18.5 Å². The molecule has 1 aromatic heterocycles. The number of amides is 1. The van der Waals surface area contributed by atoms with E-state index < -0.39 is 5.97 Å². The minimum atomic E-state index is -1.01. The van der Waals surface area contributed by atoms with Gasteiger partial charge in [-0.1, -0.05) is 49.1 Å². The number of nitrogens with one attached hydrogen (secondary N) is 1. The molecule has 0 saturated heterocycles. The van der Waals surface area contributed by atoms with Crippen LogP contribution in [-0.2, 0) is 4.79 Å². The van der Waals surface area contributed by atoms with Gasteiger partial charge < -0.3 is 19.9 Å². The topological polar surface area (TPSA) is 84.9 Å². The minimum absolute atomic E-state index is 0.153. The number of carbonyl (C=O) groups excluding carboxylic acids is 1. The molecule has 1 aliphatic rings. The smallest absolute Gasteiger partial charge is 0.346 e. The second-order valence-corrected chi connectivity index (χ2v) is 8.31. The summed E-state index contributed by atoms with van der Waals surface area (Å²) >= 11 is 1.21. The summed E-state index contributed by atoms with van der Waals surface area (Å²) in [4.78, 5) is 25.8. The van der Waals surface area contributed by atoms with E-state index in [9.17, 15) is 14.7 Å². The molecule has 2 heterocycles. The summed E-state index contributed by atoms with van der Waals surface area (Å²) < 4.78 is 11.5. The molecule has 7 heteroatoms. The third-order valence-corrected chi connectivity index (χ3v) is 6.48. The van der Waals surface area contributed by atoms with Crippen LogP contribution in [0.5, 0.6) is 11.5 Å². The Morgan fingerprint density at radius 2 is 2.00 bits per heavy atom. The molecule has 0 fully saturated rings. The van der Waals surface area contributed by atoms with Crippen LogP contribution in [0.3, 0.4) is 0 Å². The van der Waals surface area contributed by atoms with Gasteiger partial charge in [-0.25, -0.2) is 4.79 Å². The van der Waals surface area contributed by atoms with Crippen LogP contribution in [0.1, 0.15) is 39.4 Å². The Bertz CT molecular complexity index is 1170. The maximum Gasteiger partial charge on any atom is 0.346 e.